The van der Waals surface area contributed by atoms with E-state index in [1.807, 2.05) is 6.07 Å². The molecule has 0 spiro atoms. The Kier molecular flexibility index (Phi) is 6.27. The van der Waals surface area contributed by atoms with Gasteiger partial charge in [0.15, 0.2) is 11.6 Å². The fourth-order valence-electron chi connectivity index (χ4n) is 2.04. The van der Waals surface area contributed by atoms with Crippen LogP contribution in [0.1, 0.15) is 22.8 Å². The van der Waals surface area contributed by atoms with Crippen LogP contribution in [0.15, 0.2) is 47.0 Å². The first-order valence-corrected chi connectivity index (χ1v) is 8.16. The maximum atomic E-state index is 14.3. The normalized spacial score (nSPS) is 10.4. The molecule has 0 saturated heterocycles. The fraction of sp³-hybridized carbons (Fsp3) is 0.167. The Bertz CT molecular complexity index is 825. The molecule has 0 aromatic heterocycles. The second kappa shape index (κ2) is 8.22. The predicted molar refractivity (Wildman–Crippen MR) is 96.8 cm³/mol. The summed E-state index contributed by atoms with van der Waals surface area (Å²) in [5.74, 6) is -2.90. The van der Waals surface area contributed by atoms with E-state index in [4.69, 9.17) is 4.84 Å². The van der Waals surface area contributed by atoms with E-state index in [-0.39, 0.29) is 17.9 Å². The third kappa shape index (κ3) is 4.87. The van der Waals surface area contributed by atoms with Crippen molar-refractivity contribution in [1.82, 2.24) is 5.48 Å². The smallest absolute Gasteiger partial charge is 0.277 e. The highest BCUT2D eigenvalue weighted by molar-refractivity contribution is 9.10. The zero-order chi connectivity index (χ0) is 18.6. The molecule has 132 valence electrons. The molecule has 2 aromatic rings. The van der Waals surface area contributed by atoms with E-state index < -0.39 is 17.5 Å². The lowest BCUT2D eigenvalue weighted by molar-refractivity contribution is 0.0401. The number of nitrogens with one attached hydrogen (secondary N) is 2. The zero-order valence-corrected chi connectivity index (χ0v) is 15.3. The summed E-state index contributed by atoms with van der Waals surface area (Å²) in [6, 6.07) is 7.34. The minimum atomic E-state index is -1.14. The van der Waals surface area contributed by atoms with Crippen LogP contribution in [-0.2, 0) is 4.84 Å². The first kappa shape index (κ1) is 19.1. The molecule has 4 nitrogen and oxygen atoms in total. The van der Waals surface area contributed by atoms with Crippen LogP contribution in [0.4, 0.5) is 20.2 Å². The first-order chi connectivity index (χ1) is 11.8. The highest BCUT2D eigenvalue weighted by Crippen LogP contribution is 2.29. The quantitative estimate of drug-likeness (QED) is 0.519. The third-order valence-electron chi connectivity index (χ3n) is 3.27. The average Bonchev–Trinajstić information content (AvgIpc) is 2.53. The van der Waals surface area contributed by atoms with Crippen LogP contribution in [0.5, 0.6) is 0 Å². The Hall–Kier alpha value is -2.25. The van der Waals surface area contributed by atoms with Crippen molar-refractivity contribution < 1.29 is 18.4 Å². The average molecular weight is 411 g/mol. The number of hydrogen-bond donors (Lipinski definition) is 2. The van der Waals surface area contributed by atoms with Gasteiger partial charge in [-0.25, -0.2) is 14.3 Å². The lowest BCUT2D eigenvalue weighted by Gasteiger charge is -2.15. The predicted octanol–water partition coefficient (Wildman–Crippen LogP) is 5.02. The van der Waals surface area contributed by atoms with Gasteiger partial charge in [-0.1, -0.05) is 28.1 Å². The summed E-state index contributed by atoms with van der Waals surface area (Å²) in [5.41, 5.74) is 3.89. The van der Waals surface area contributed by atoms with Crippen LogP contribution in [0.25, 0.3) is 0 Å². The van der Waals surface area contributed by atoms with Gasteiger partial charge in [-0.3, -0.25) is 9.63 Å². The Balaban J connectivity index is 2.33. The van der Waals surface area contributed by atoms with Crippen molar-refractivity contribution in [2.45, 2.75) is 13.8 Å². The molecule has 0 fully saturated rings. The number of halogens is 3. The summed E-state index contributed by atoms with van der Waals surface area (Å²) in [6.07, 6.45) is 0. The van der Waals surface area contributed by atoms with E-state index in [1.54, 1.807) is 26.0 Å². The minimum Gasteiger partial charge on any atom is -0.352 e. The zero-order valence-electron chi connectivity index (χ0n) is 13.8. The van der Waals surface area contributed by atoms with E-state index in [9.17, 15) is 13.6 Å². The number of hydroxylamine groups is 1. The molecule has 0 radical (unpaired) electrons. The maximum Gasteiger partial charge on any atom is 0.277 e. The summed E-state index contributed by atoms with van der Waals surface area (Å²) < 4.78 is 28.8. The summed E-state index contributed by atoms with van der Waals surface area (Å²) in [5, 5.41) is 2.79. The van der Waals surface area contributed by atoms with E-state index in [0.29, 0.717) is 11.3 Å². The van der Waals surface area contributed by atoms with Gasteiger partial charge in [-0.15, -0.1) is 0 Å². The molecule has 0 aliphatic rings. The van der Waals surface area contributed by atoms with Crippen molar-refractivity contribution in [2.75, 3.05) is 11.9 Å². The molecule has 0 unspecified atom stereocenters. The molecular weight excluding hydrogens is 394 g/mol. The third-order valence-corrected chi connectivity index (χ3v) is 3.76. The molecular formula is C18H17BrF2N2O2. The van der Waals surface area contributed by atoms with Crippen LogP contribution in [0.3, 0.4) is 0 Å². The van der Waals surface area contributed by atoms with Gasteiger partial charge >= 0.3 is 0 Å². The summed E-state index contributed by atoms with van der Waals surface area (Å²) >= 11 is 3.34. The van der Waals surface area contributed by atoms with Crippen molar-refractivity contribution in [3.8, 4) is 0 Å². The van der Waals surface area contributed by atoms with Crippen LogP contribution >= 0.6 is 15.9 Å². The summed E-state index contributed by atoms with van der Waals surface area (Å²) in [4.78, 5) is 17.2. The van der Waals surface area contributed by atoms with Gasteiger partial charge in [0.25, 0.3) is 5.91 Å². The number of amides is 1. The standard InChI is InChI=1S/C18H17BrF2N2O2/c1-10(2)9-25-23-18(24)13-5-6-14(20)16(21)17(13)22-15-7-4-12(19)8-11(15)3/h4-8,22H,1,9H2,2-3H3,(H,23,24). The maximum absolute atomic E-state index is 14.3. The number of carbonyl (C=O) groups excluding carboxylic acids is 1. The van der Waals surface area contributed by atoms with Crippen LogP contribution < -0.4 is 10.8 Å². The topological polar surface area (TPSA) is 50.4 Å². The molecule has 2 rings (SSSR count). The molecule has 2 N–H and O–H groups in total. The summed E-state index contributed by atoms with van der Waals surface area (Å²) in [6.45, 7) is 7.29. The van der Waals surface area contributed by atoms with Crippen LogP contribution in [0.2, 0.25) is 0 Å². The lowest BCUT2D eigenvalue weighted by Crippen LogP contribution is -2.25. The number of benzene rings is 2. The second-order valence-corrected chi connectivity index (χ2v) is 6.46. The van der Waals surface area contributed by atoms with Gasteiger partial charge in [0.2, 0.25) is 0 Å². The molecule has 25 heavy (non-hydrogen) atoms. The van der Waals surface area contributed by atoms with Gasteiger partial charge in [-0.2, -0.15) is 0 Å². The molecule has 0 heterocycles. The van der Waals surface area contributed by atoms with E-state index in [0.717, 1.165) is 16.1 Å². The molecule has 0 aliphatic heterocycles. The monoisotopic (exact) mass is 410 g/mol. The van der Waals surface area contributed by atoms with Crippen LogP contribution in [-0.4, -0.2) is 12.5 Å². The Morgan fingerprint density at radius 3 is 2.64 bits per heavy atom. The van der Waals surface area contributed by atoms with Crippen molar-refractivity contribution in [3.05, 3.63) is 69.7 Å². The molecule has 0 atom stereocenters. The van der Waals surface area contributed by atoms with Crippen LogP contribution in [0, 0.1) is 18.6 Å². The number of aryl methyl sites for hydroxylation is 1. The highest BCUT2D eigenvalue weighted by atomic mass is 79.9. The number of hydrogen-bond acceptors (Lipinski definition) is 3. The summed E-state index contributed by atoms with van der Waals surface area (Å²) in [7, 11) is 0. The van der Waals surface area contributed by atoms with E-state index in [2.05, 4.69) is 33.3 Å². The molecule has 1 amide bonds. The molecule has 0 saturated carbocycles. The molecule has 2 aromatic carbocycles. The van der Waals surface area contributed by atoms with Gasteiger partial charge in [0.1, 0.15) is 0 Å². The fourth-order valence-corrected chi connectivity index (χ4v) is 2.52. The Morgan fingerprint density at radius 2 is 2.00 bits per heavy atom. The van der Waals surface area contributed by atoms with Crippen molar-refractivity contribution in [1.29, 1.82) is 0 Å². The molecule has 0 bridgehead atoms. The number of carbonyl (C=O) groups is 1. The Labute approximate surface area is 153 Å². The first-order valence-electron chi connectivity index (χ1n) is 7.37. The Morgan fingerprint density at radius 1 is 1.28 bits per heavy atom. The van der Waals surface area contributed by atoms with Gasteiger partial charge in [0, 0.05) is 10.2 Å². The second-order valence-electron chi connectivity index (χ2n) is 5.55. The van der Waals surface area contributed by atoms with E-state index >= 15 is 0 Å². The SMILES string of the molecule is C=C(C)CONC(=O)c1ccc(F)c(F)c1Nc1ccc(Br)cc1C. The van der Waals surface area contributed by atoms with Gasteiger partial charge in [-0.05, 0) is 49.7 Å². The van der Waals surface area contributed by atoms with Crippen molar-refractivity contribution in [3.63, 3.8) is 0 Å². The highest BCUT2D eigenvalue weighted by Gasteiger charge is 2.19. The number of rotatable bonds is 6. The number of anilines is 2. The van der Waals surface area contributed by atoms with Crippen molar-refractivity contribution >= 4 is 33.2 Å². The van der Waals surface area contributed by atoms with Gasteiger partial charge < -0.3 is 5.32 Å². The minimum absolute atomic E-state index is 0.0806. The van der Waals surface area contributed by atoms with Gasteiger partial charge in [0.05, 0.1) is 17.9 Å². The molecule has 7 heteroatoms. The van der Waals surface area contributed by atoms with E-state index in [1.165, 1.54) is 6.07 Å². The van der Waals surface area contributed by atoms with Crippen molar-refractivity contribution in [2.24, 2.45) is 0 Å². The lowest BCUT2D eigenvalue weighted by atomic mass is 10.1. The largest absolute Gasteiger partial charge is 0.352 e. The molecule has 0 aliphatic carbocycles.